The van der Waals surface area contributed by atoms with Gasteiger partial charge in [-0.3, -0.25) is 9.36 Å². The lowest BCUT2D eigenvalue weighted by atomic mass is 9.96. The van der Waals surface area contributed by atoms with Crippen molar-refractivity contribution in [1.82, 2.24) is 9.55 Å². The summed E-state index contributed by atoms with van der Waals surface area (Å²) in [6.07, 6.45) is 0.594. The first kappa shape index (κ1) is 15.7. The average molecular weight is 364 g/mol. The van der Waals surface area contributed by atoms with E-state index in [4.69, 9.17) is 4.98 Å². The monoisotopic (exact) mass is 364 g/mol. The number of fused-ring (bicyclic) bond motifs is 5. The molecule has 2 heterocycles. The number of carbonyl (C=O) groups is 1. The summed E-state index contributed by atoms with van der Waals surface area (Å²) in [5.74, 6) is -0.931. The predicted octanol–water partition coefficient (Wildman–Crippen LogP) is 3.10. The van der Waals surface area contributed by atoms with Crippen molar-refractivity contribution in [3.63, 3.8) is 0 Å². The molecule has 130 valence electrons. The number of carboxylic acid groups (broad SMARTS) is 1. The normalized spacial score (nSPS) is 22.7. The Morgan fingerprint density at radius 1 is 1.19 bits per heavy atom. The second kappa shape index (κ2) is 5.46. The summed E-state index contributed by atoms with van der Waals surface area (Å²) in [6, 6.07) is 17.4. The van der Waals surface area contributed by atoms with Gasteiger partial charge in [0, 0.05) is 17.5 Å². The molecule has 2 aliphatic rings. The zero-order valence-electron chi connectivity index (χ0n) is 13.8. The Balaban J connectivity index is 1.75. The Morgan fingerprint density at radius 3 is 2.69 bits per heavy atom. The molecule has 0 spiro atoms. The molecule has 2 atom stereocenters. The number of thioether (sulfide) groups is 1. The first-order chi connectivity index (χ1) is 12.6. The third-order valence-corrected chi connectivity index (χ3v) is 6.41. The minimum absolute atomic E-state index is 0.143. The van der Waals surface area contributed by atoms with Gasteiger partial charge in [-0.2, -0.15) is 0 Å². The summed E-state index contributed by atoms with van der Waals surface area (Å²) in [5, 5.41) is 21.4. The van der Waals surface area contributed by atoms with Gasteiger partial charge in [0.2, 0.25) is 0 Å². The van der Waals surface area contributed by atoms with Crippen molar-refractivity contribution in [2.45, 2.75) is 29.0 Å². The number of aliphatic carboxylic acids is 1. The van der Waals surface area contributed by atoms with Crippen LogP contribution >= 0.6 is 11.8 Å². The molecule has 0 amide bonds. The van der Waals surface area contributed by atoms with Crippen LogP contribution in [0.3, 0.4) is 0 Å². The number of aliphatic hydroxyl groups is 1. The summed E-state index contributed by atoms with van der Waals surface area (Å²) in [5.41, 5.74) is 3.33. The van der Waals surface area contributed by atoms with Crippen LogP contribution in [-0.2, 0) is 16.9 Å². The van der Waals surface area contributed by atoms with Gasteiger partial charge in [-0.05, 0) is 5.56 Å². The van der Waals surface area contributed by atoms with E-state index >= 15 is 0 Å². The van der Waals surface area contributed by atoms with Gasteiger partial charge >= 0.3 is 5.97 Å². The lowest BCUT2D eigenvalue weighted by Gasteiger charge is -2.32. The topological polar surface area (TPSA) is 75.3 Å². The van der Waals surface area contributed by atoms with Gasteiger partial charge in [0.25, 0.3) is 0 Å². The minimum atomic E-state index is -1.45. The fourth-order valence-corrected chi connectivity index (χ4v) is 5.40. The van der Waals surface area contributed by atoms with E-state index in [1.54, 1.807) is 0 Å². The first-order valence-electron chi connectivity index (χ1n) is 8.45. The second-order valence-electron chi connectivity index (χ2n) is 6.66. The third-order valence-electron chi connectivity index (χ3n) is 5.15. The first-order valence-corrected chi connectivity index (χ1v) is 9.33. The summed E-state index contributed by atoms with van der Waals surface area (Å²) in [4.78, 5) is 16.2. The summed E-state index contributed by atoms with van der Waals surface area (Å²) >= 11 is 1.35. The SMILES string of the molecule is O=C(O)C[C@@H]1Sc2nc3c(n2[C@]1(O)c1ccccc1)-c1ccccc1C3. The van der Waals surface area contributed by atoms with E-state index in [1.807, 2.05) is 53.1 Å². The zero-order chi connectivity index (χ0) is 17.9. The Labute approximate surface area is 154 Å². The molecule has 5 nitrogen and oxygen atoms in total. The molecule has 0 radical (unpaired) electrons. The maximum absolute atomic E-state index is 11.8. The highest BCUT2D eigenvalue weighted by Gasteiger charge is 2.52. The molecule has 0 unspecified atom stereocenters. The van der Waals surface area contributed by atoms with Crippen LogP contribution in [0.1, 0.15) is 23.2 Å². The van der Waals surface area contributed by atoms with E-state index in [2.05, 4.69) is 6.07 Å². The molecule has 3 aromatic rings. The van der Waals surface area contributed by atoms with Crippen molar-refractivity contribution in [2.24, 2.45) is 0 Å². The number of aromatic nitrogens is 2. The van der Waals surface area contributed by atoms with E-state index in [1.165, 1.54) is 17.3 Å². The number of hydrogen-bond donors (Lipinski definition) is 2. The summed E-state index contributed by atoms with van der Waals surface area (Å²) in [6.45, 7) is 0. The fourth-order valence-electron chi connectivity index (χ4n) is 4.02. The zero-order valence-corrected chi connectivity index (χ0v) is 14.6. The van der Waals surface area contributed by atoms with E-state index in [0.717, 1.165) is 23.4 Å². The molecule has 26 heavy (non-hydrogen) atoms. The van der Waals surface area contributed by atoms with E-state index in [-0.39, 0.29) is 6.42 Å². The highest BCUT2D eigenvalue weighted by Crippen LogP contribution is 2.53. The highest BCUT2D eigenvalue weighted by molar-refractivity contribution is 8.00. The second-order valence-corrected chi connectivity index (χ2v) is 7.83. The molecule has 6 heteroatoms. The molecular formula is C20H16N2O3S. The molecule has 1 aromatic heterocycles. The van der Waals surface area contributed by atoms with Crippen molar-refractivity contribution in [1.29, 1.82) is 0 Å². The van der Waals surface area contributed by atoms with Crippen molar-refractivity contribution < 1.29 is 15.0 Å². The van der Waals surface area contributed by atoms with Crippen LogP contribution in [0.25, 0.3) is 11.3 Å². The standard InChI is InChI=1S/C20H16N2O3S/c23-17(24)11-16-20(25,13-7-2-1-3-8-13)22-18-14-9-5-4-6-12(14)10-15(18)21-19(22)26-16/h1-9,16,25H,10-11H2,(H,23,24)/t16-,20-/m0/s1. The van der Waals surface area contributed by atoms with Gasteiger partial charge in [-0.25, -0.2) is 4.98 Å². The summed E-state index contributed by atoms with van der Waals surface area (Å²) in [7, 11) is 0. The van der Waals surface area contributed by atoms with Gasteiger partial charge in [0.05, 0.1) is 23.1 Å². The number of nitrogens with zero attached hydrogens (tertiary/aromatic N) is 2. The molecule has 5 rings (SSSR count). The molecule has 0 saturated carbocycles. The number of hydrogen-bond acceptors (Lipinski definition) is 4. The molecule has 0 bridgehead atoms. The van der Waals surface area contributed by atoms with Crippen LogP contribution in [0.2, 0.25) is 0 Å². The van der Waals surface area contributed by atoms with Gasteiger partial charge in [-0.1, -0.05) is 66.4 Å². The Bertz CT molecular complexity index is 1030. The van der Waals surface area contributed by atoms with Crippen molar-refractivity contribution >= 4 is 17.7 Å². The molecule has 1 aliphatic carbocycles. The Kier molecular flexibility index (Phi) is 3.29. The van der Waals surface area contributed by atoms with E-state index < -0.39 is 16.9 Å². The van der Waals surface area contributed by atoms with Crippen LogP contribution < -0.4 is 0 Å². The average Bonchev–Trinajstić information content (AvgIpc) is 3.23. The smallest absolute Gasteiger partial charge is 0.304 e. The maximum atomic E-state index is 11.8. The Morgan fingerprint density at radius 2 is 1.92 bits per heavy atom. The van der Waals surface area contributed by atoms with Crippen molar-refractivity contribution in [3.05, 3.63) is 71.4 Å². The third kappa shape index (κ3) is 2.03. The van der Waals surface area contributed by atoms with E-state index in [9.17, 15) is 15.0 Å². The van der Waals surface area contributed by atoms with Crippen molar-refractivity contribution in [2.75, 3.05) is 0 Å². The van der Waals surface area contributed by atoms with Gasteiger partial charge < -0.3 is 10.2 Å². The van der Waals surface area contributed by atoms with Crippen molar-refractivity contribution in [3.8, 4) is 11.3 Å². The quantitative estimate of drug-likeness (QED) is 0.584. The molecular weight excluding hydrogens is 348 g/mol. The lowest BCUT2D eigenvalue weighted by molar-refractivity contribution is -0.138. The number of rotatable bonds is 3. The maximum Gasteiger partial charge on any atom is 0.304 e. The molecule has 2 N–H and O–H groups in total. The predicted molar refractivity (Wildman–Crippen MR) is 98.1 cm³/mol. The number of benzene rings is 2. The molecule has 1 aliphatic heterocycles. The molecule has 2 aromatic carbocycles. The lowest BCUT2D eigenvalue weighted by Crippen LogP contribution is -2.42. The van der Waals surface area contributed by atoms with Gasteiger partial charge in [0.15, 0.2) is 10.9 Å². The molecule has 0 saturated heterocycles. The number of carboxylic acids is 1. The largest absolute Gasteiger partial charge is 0.481 e. The fraction of sp³-hybridized carbons (Fsp3) is 0.200. The van der Waals surface area contributed by atoms with Gasteiger partial charge in [-0.15, -0.1) is 0 Å². The van der Waals surface area contributed by atoms with E-state index in [0.29, 0.717) is 10.7 Å². The van der Waals surface area contributed by atoms with Gasteiger partial charge in [0.1, 0.15) is 0 Å². The highest BCUT2D eigenvalue weighted by atomic mass is 32.2. The minimum Gasteiger partial charge on any atom is -0.481 e. The molecule has 0 fully saturated rings. The summed E-state index contributed by atoms with van der Waals surface area (Å²) < 4.78 is 1.85. The Hall–Kier alpha value is -2.57. The van der Waals surface area contributed by atoms with Crippen LogP contribution in [-0.4, -0.2) is 31.0 Å². The van der Waals surface area contributed by atoms with Crippen LogP contribution in [0.4, 0.5) is 0 Å². The van der Waals surface area contributed by atoms with Crippen LogP contribution in [0.5, 0.6) is 0 Å². The number of imidazole rings is 1. The van der Waals surface area contributed by atoms with Crippen LogP contribution in [0, 0.1) is 0 Å². The van der Waals surface area contributed by atoms with Crippen LogP contribution in [0.15, 0.2) is 59.8 Å².